The van der Waals surface area contributed by atoms with Crippen molar-refractivity contribution < 1.29 is 4.42 Å². The van der Waals surface area contributed by atoms with Gasteiger partial charge in [0, 0.05) is 39.0 Å². The predicted molar refractivity (Wildman–Crippen MR) is 115 cm³/mol. The van der Waals surface area contributed by atoms with Gasteiger partial charge in [0.15, 0.2) is 5.96 Å². The van der Waals surface area contributed by atoms with Gasteiger partial charge >= 0.3 is 0 Å². The molecule has 1 saturated heterocycles. The Morgan fingerprint density at radius 1 is 1.17 bits per heavy atom. The molecule has 0 aromatic carbocycles. The van der Waals surface area contributed by atoms with Crippen LogP contribution in [0.15, 0.2) is 58.4 Å². The second-order valence-electron chi connectivity index (χ2n) is 7.46. The highest BCUT2D eigenvalue weighted by atomic mass is 16.3. The average Bonchev–Trinajstić information content (AvgIpc) is 3.43. The highest BCUT2D eigenvalue weighted by Gasteiger charge is 2.24. The fourth-order valence-electron chi connectivity index (χ4n) is 3.95. The molecule has 3 aromatic heterocycles. The summed E-state index contributed by atoms with van der Waals surface area (Å²) in [5.41, 5.74) is 2.05. The number of aromatic nitrogens is 2. The lowest BCUT2D eigenvalue weighted by atomic mass is 10.1. The maximum absolute atomic E-state index is 5.73. The van der Waals surface area contributed by atoms with Gasteiger partial charge in [0.2, 0.25) is 0 Å². The molecule has 0 aliphatic carbocycles. The summed E-state index contributed by atoms with van der Waals surface area (Å²) >= 11 is 0. The maximum Gasteiger partial charge on any atom is 0.191 e. The first-order valence-corrected chi connectivity index (χ1v) is 10.5. The van der Waals surface area contributed by atoms with Crippen LogP contribution in [0.4, 0.5) is 0 Å². The van der Waals surface area contributed by atoms with Gasteiger partial charge in [-0.1, -0.05) is 12.5 Å². The topological polar surface area (TPSA) is 70.1 Å². The molecule has 1 unspecified atom stereocenters. The minimum atomic E-state index is 0.224. The van der Waals surface area contributed by atoms with Crippen LogP contribution in [0, 0.1) is 0 Å². The molecule has 0 spiro atoms. The van der Waals surface area contributed by atoms with Crippen molar-refractivity contribution in [1.29, 1.82) is 0 Å². The lowest BCUT2D eigenvalue weighted by Crippen LogP contribution is -2.44. The van der Waals surface area contributed by atoms with Crippen molar-refractivity contribution in [3.05, 3.63) is 60.4 Å². The highest BCUT2D eigenvalue weighted by Crippen LogP contribution is 2.24. The van der Waals surface area contributed by atoms with Gasteiger partial charge in [0.25, 0.3) is 0 Å². The Morgan fingerprint density at radius 3 is 2.83 bits per heavy atom. The van der Waals surface area contributed by atoms with Gasteiger partial charge in [0.05, 0.1) is 18.0 Å². The second-order valence-corrected chi connectivity index (χ2v) is 7.46. The van der Waals surface area contributed by atoms with Gasteiger partial charge in [-0.25, -0.2) is 4.98 Å². The molecule has 7 nitrogen and oxygen atoms in total. The van der Waals surface area contributed by atoms with Crippen LogP contribution < -0.4 is 10.6 Å². The standard InChI is InChI=1S/C22H30N6O/c1-23-22(24-11-10-18-17-28-14-6-3-9-21(28)26-18)25-16-19(20-8-7-15-29-20)27-12-4-2-5-13-27/h3,6-9,14-15,17,19H,2,4-5,10-13,16H2,1H3,(H2,23,24,25). The van der Waals surface area contributed by atoms with E-state index in [2.05, 4.69) is 42.2 Å². The van der Waals surface area contributed by atoms with E-state index >= 15 is 0 Å². The SMILES string of the molecule is CN=C(NCCc1cn2ccccc2n1)NCC(c1ccco1)N1CCCCC1. The summed E-state index contributed by atoms with van der Waals surface area (Å²) in [4.78, 5) is 11.5. The van der Waals surface area contributed by atoms with E-state index in [1.165, 1.54) is 19.3 Å². The molecule has 0 saturated carbocycles. The lowest BCUT2D eigenvalue weighted by Gasteiger charge is -2.33. The normalized spacial score (nSPS) is 16.8. The molecule has 1 aliphatic heterocycles. The first-order chi connectivity index (χ1) is 14.3. The molecular formula is C22H30N6O. The Labute approximate surface area is 171 Å². The molecule has 3 aromatic rings. The number of pyridine rings is 1. The minimum Gasteiger partial charge on any atom is -0.468 e. The molecule has 0 amide bonds. The molecule has 1 aliphatic rings. The zero-order valence-corrected chi connectivity index (χ0v) is 17.1. The number of nitrogens with one attached hydrogen (secondary N) is 2. The number of hydrogen-bond donors (Lipinski definition) is 2. The van der Waals surface area contributed by atoms with Crippen LogP contribution in [0.5, 0.6) is 0 Å². The van der Waals surface area contributed by atoms with Crippen LogP contribution in [0.1, 0.15) is 36.8 Å². The molecule has 1 fully saturated rings. The van der Waals surface area contributed by atoms with Crippen molar-refractivity contribution in [1.82, 2.24) is 24.9 Å². The third kappa shape index (κ3) is 4.98. The summed E-state index contributed by atoms with van der Waals surface area (Å²) in [6.07, 6.45) is 10.5. The fraction of sp³-hybridized carbons (Fsp3) is 0.455. The Morgan fingerprint density at radius 2 is 2.07 bits per heavy atom. The molecule has 2 N–H and O–H groups in total. The number of rotatable bonds is 7. The van der Waals surface area contributed by atoms with E-state index in [4.69, 9.17) is 4.42 Å². The van der Waals surface area contributed by atoms with Crippen LogP contribution in [-0.2, 0) is 6.42 Å². The first kappa shape index (κ1) is 19.5. The van der Waals surface area contributed by atoms with Crippen molar-refractivity contribution in [2.75, 3.05) is 33.2 Å². The molecule has 0 radical (unpaired) electrons. The zero-order valence-electron chi connectivity index (χ0n) is 17.1. The number of furan rings is 1. The molecule has 4 rings (SSSR count). The Bertz CT molecular complexity index is 877. The van der Waals surface area contributed by atoms with Crippen molar-refractivity contribution in [3.63, 3.8) is 0 Å². The number of nitrogens with zero attached hydrogens (tertiary/aromatic N) is 4. The summed E-state index contributed by atoms with van der Waals surface area (Å²) < 4.78 is 7.78. The van der Waals surface area contributed by atoms with E-state index in [-0.39, 0.29) is 6.04 Å². The molecule has 154 valence electrons. The summed E-state index contributed by atoms with van der Waals surface area (Å²) in [6, 6.07) is 10.3. The predicted octanol–water partition coefficient (Wildman–Crippen LogP) is 2.86. The molecule has 0 bridgehead atoms. The summed E-state index contributed by atoms with van der Waals surface area (Å²) in [5, 5.41) is 6.89. The van der Waals surface area contributed by atoms with E-state index in [0.717, 1.165) is 55.7 Å². The smallest absolute Gasteiger partial charge is 0.191 e. The number of guanidine groups is 1. The molecule has 1 atom stereocenters. The van der Waals surface area contributed by atoms with Gasteiger partial charge in [-0.15, -0.1) is 0 Å². The first-order valence-electron chi connectivity index (χ1n) is 10.5. The molecule has 29 heavy (non-hydrogen) atoms. The number of piperidine rings is 1. The summed E-state index contributed by atoms with van der Waals surface area (Å²) in [6.45, 7) is 3.78. The van der Waals surface area contributed by atoms with Crippen LogP contribution >= 0.6 is 0 Å². The largest absolute Gasteiger partial charge is 0.468 e. The molecule has 7 heteroatoms. The van der Waals surface area contributed by atoms with E-state index in [9.17, 15) is 0 Å². The number of aliphatic imine (C=N–C) groups is 1. The summed E-state index contributed by atoms with van der Waals surface area (Å²) in [5.74, 6) is 1.82. The highest BCUT2D eigenvalue weighted by molar-refractivity contribution is 5.79. The zero-order chi connectivity index (χ0) is 19.9. The van der Waals surface area contributed by atoms with Crippen LogP contribution in [0.25, 0.3) is 5.65 Å². The van der Waals surface area contributed by atoms with Gasteiger partial charge < -0.3 is 19.5 Å². The quantitative estimate of drug-likeness (QED) is 0.476. The maximum atomic E-state index is 5.73. The van der Waals surface area contributed by atoms with Gasteiger partial charge in [-0.05, 0) is 50.2 Å². The second kappa shape index (κ2) is 9.60. The van der Waals surface area contributed by atoms with E-state index in [0.29, 0.717) is 0 Å². The number of likely N-dealkylation sites (tertiary alicyclic amines) is 1. The van der Waals surface area contributed by atoms with Crippen molar-refractivity contribution in [3.8, 4) is 0 Å². The summed E-state index contributed by atoms with van der Waals surface area (Å²) in [7, 11) is 1.81. The van der Waals surface area contributed by atoms with Gasteiger partial charge in [-0.3, -0.25) is 9.89 Å². The molecule has 4 heterocycles. The molecular weight excluding hydrogens is 364 g/mol. The van der Waals surface area contributed by atoms with Gasteiger partial charge in [-0.2, -0.15) is 0 Å². The van der Waals surface area contributed by atoms with E-state index in [1.807, 2.05) is 37.5 Å². The third-order valence-electron chi connectivity index (χ3n) is 5.48. The monoisotopic (exact) mass is 394 g/mol. The van der Waals surface area contributed by atoms with Crippen molar-refractivity contribution >= 4 is 11.6 Å². The fourth-order valence-corrected chi connectivity index (χ4v) is 3.95. The van der Waals surface area contributed by atoms with Crippen LogP contribution in [-0.4, -0.2) is 53.5 Å². The number of hydrogen-bond acceptors (Lipinski definition) is 4. The van der Waals surface area contributed by atoms with Gasteiger partial charge in [0.1, 0.15) is 11.4 Å². The van der Waals surface area contributed by atoms with Crippen LogP contribution in [0.3, 0.4) is 0 Å². The Balaban J connectivity index is 1.30. The number of imidazole rings is 1. The average molecular weight is 395 g/mol. The van der Waals surface area contributed by atoms with E-state index in [1.54, 1.807) is 6.26 Å². The Kier molecular flexibility index (Phi) is 6.46. The number of fused-ring (bicyclic) bond motifs is 1. The minimum absolute atomic E-state index is 0.224. The van der Waals surface area contributed by atoms with E-state index < -0.39 is 0 Å². The third-order valence-corrected chi connectivity index (χ3v) is 5.48. The van der Waals surface area contributed by atoms with Crippen molar-refractivity contribution in [2.24, 2.45) is 4.99 Å². The van der Waals surface area contributed by atoms with Crippen LogP contribution in [0.2, 0.25) is 0 Å². The van der Waals surface area contributed by atoms with Crippen molar-refractivity contribution in [2.45, 2.75) is 31.7 Å². The lowest BCUT2D eigenvalue weighted by molar-refractivity contribution is 0.146. The Hall–Kier alpha value is -2.80.